The summed E-state index contributed by atoms with van der Waals surface area (Å²) >= 11 is 0. The van der Waals surface area contributed by atoms with Crippen LogP contribution in [-0.2, 0) is 57.8 Å². The van der Waals surface area contributed by atoms with Gasteiger partial charge in [0, 0.05) is 89.6 Å². The Balaban J connectivity index is 0.000000369. The molecule has 5 aromatic rings. The number of aryl methyl sites for hydroxylation is 2. The van der Waals surface area contributed by atoms with Gasteiger partial charge < -0.3 is 20.9 Å². The Morgan fingerprint density at radius 3 is 1.52 bits per heavy atom. The normalized spacial score (nSPS) is 13.0. The van der Waals surface area contributed by atoms with Gasteiger partial charge in [0.05, 0.1) is 12.6 Å². The van der Waals surface area contributed by atoms with E-state index in [4.69, 9.17) is 0 Å². The van der Waals surface area contributed by atoms with Crippen molar-refractivity contribution in [1.29, 1.82) is 0 Å². The van der Waals surface area contributed by atoms with E-state index in [-0.39, 0.29) is 71.5 Å². The Morgan fingerprint density at radius 1 is 0.477 bits per heavy atom. The number of ketones is 5. The predicted octanol–water partition coefficient (Wildman–Crippen LogP) is 16.6. The maximum atomic E-state index is 12.9. The monoisotopic (exact) mass is 1180 g/mol. The standard InChI is InChI=1S/C18H26N2O2.2C15H22O.2C14H21NO/c1-12(2)17(21)11-20-16-8-6-5-7-14(16)9-10-15(18(20)22)19-13(3)4;1-11(2)5-6-13-7-9-14(10-8-13)15(16)12(3)4;1-11(2)8-13-6-5-7-14(9-13)10-15(16)12(3)4;1-10(2)14(16)9-12-5-7-13(8-6-12)15-11(3)4;1-10(2)14(16)13-7-5-6-12(8-13)9-15-11(3)4/h5-8,12-13,15,19H,9-11H2,1-4H3;7-12H,5-6H2,1-4H3;5-7,9,11-12H,8,10H2,1-4H3;2*5-8,10-11,15H,9H2,1-4H3. The highest BCUT2D eigenvalue weighted by Crippen LogP contribution is 2.28. The first kappa shape index (κ1) is 75.7. The predicted molar refractivity (Wildman–Crippen MR) is 363 cm³/mol. The Kier molecular flexibility index (Phi) is 34.7. The number of hydrogen-bond acceptors (Lipinski definition) is 9. The number of carbonyl (C=O) groups is 6. The lowest BCUT2D eigenvalue weighted by Crippen LogP contribution is -2.49. The number of para-hydroxylation sites is 1. The van der Waals surface area contributed by atoms with Crippen molar-refractivity contribution in [3.63, 3.8) is 0 Å². The van der Waals surface area contributed by atoms with Crippen molar-refractivity contribution in [2.75, 3.05) is 16.8 Å². The van der Waals surface area contributed by atoms with Gasteiger partial charge in [0.15, 0.2) is 17.3 Å². The molecule has 1 aliphatic rings. The minimum Gasteiger partial charge on any atom is -0.383 e. The molecule has 472 valence electrons. The molecule has 1 heterocycles. The van der Waals surface area contributed by atoms with Crippen molar-refractivity contribution in [2.24, 2.45) is 41.4 Å². The van der Waals surface area contributed by atoms with E-state index in [1.54, 1.807) is 4.90 Å². The highest BCUT2D eigenvalue weighted by atomic mass is 16.2. The second-order valence-corrected chi connectivity index (χ2v) is 26.5. The van der Waals surface area contributed by atoms with E-state index in [9.17, 15) is 28.8 Å². The van der Waals surface area contributed by atoms with E-state index in [2.05, 4.69) is 102 Å². The highest BCUT2D eigenvalue weighted by molar-refractivity contribution is 6.03. The third-order valence-electron chi connectivity index (χ3n) is 14.4. The maximum absolute atomic E-state index is 12.9. The molecule has 0 aromatic heterocycles. The maximum Gasteiger partial charge on any atom is 0.244 e. The van der Waals surface area contributed by atoms with Gasteiger partial charge in [-0.15, -0.1) is 0 Å². The molecule has 1 atom stereocenters. The van der Waals surface area contributed by atoms with Crippen LogP contribution in [0, 0.1) is 41.4 Å². The molecule has 0 aliphatic carbocycles. The Labute approximate surface area is 521 Å². The fraction of sp³-hybridized carbons (Fsp3) is 0.526. The van der Waals surface area contributed by atoms with Crippen molar-refractivity contribution in [2.45, 2.75) is 214 Å². The largest absolute Gasteiger partial charge is 0.383 e. The molecule has 1 unspecified atom stereocenters. The number of amides is 1. The summed E-state index contributed by atoms with van der Waals surface area (Å²) in [5.74, 6) is 2.89. The van der Waals surface area contributed by atoms with Gasteiger partial charge in [0.2, 0.25) is 5.91 Å². The molecule has 3 N–H and O–H groups in total. The van der Waals surface area contributed by atoms with E-state index in [1.807, 2.05) is 174 Å². The highest BCUT2D eigenvalue weighted by Gasteiger charge is 2.32. The fourth-order valence-corrected chi connectivity index (χ4v) is 9.09. The van der Waals surface area contributed by atoms with Crippen LogP contribution in [0.25, 0.3) is 0 Å². The van der Waals surface area contributed by atoms with E-state index in [0.717, 1.165) is 77.3 Å². The molecule has 1 amide bonds. The summed E-state index contributed by atoms with van der Waals surface area (Å²) in [6.07, 6.45) is 6.12. The smallest absolute Gasteiger partial charge is 0.244 e. The lowest BCUT2D eigenvalue weighted by atomic mass is 9.97. The topological polar surface area (TPSA) is 142 Å². The molecule has 0 bridgehead atoms. The average molecular weight is 1180 g/mol. The van der Waals surface area contributed by atoms with Crippen LogP contribution in [0.5, 0.6) is 0 Å². The van der Waals surface area contributed by atoms with Gasteiger partial charge >= 0.3 is 0 Å². The first-order valence-corrected chi connectivity index (χ1v) is 32.0. The summed E-state index contributed by atoms with van der Waals surface area (Å²) in [6.45, 7) is 41.7. The van der Waals surface area contributed by atoms with Crippen molar-refractivity contribution >= 4 is 46.2 Å². The lowest BCUT2D eigenvalue weighted by molar-refractivity contribution is -0.125. The van der Waals surface area contributed by atoms with Crippen LogP contribution in [-0.4, -0.2) is 65.5 Å². The van der Waals surface area contributed by atoms with E-state index in [1.165, 1.54) is 23.1 Å². The van der Waals surface area contributed by atoms with Gasteiger partial charge in [-0.25, -0.2) is 0 Å². The quantitative estimate of drug-likeness (QED) is 0.0487. The van der Waals surface area contributed by atoms with Crippen LogP contribution in [0.1, 0.15) is 205 Å². The molecule has 86 heavy (non-hydrogen) atoms. The number of hydrogen-bond donors (Lipinski definition) is 3. The summed E-state index contributed by atoms with van der Waals surface area (Å²) < 4.78 is 0. The lowest BCUT2D eigenvalue weighted by Gasteiger charge is -2.27. The SMILES string of the molecule is CC(C)CCc1ccc(C(=O)C(C)C)cc1.CC(C)Cc1cccc(CC(=O)C(C)C)c1.CC(C)NC1CCc2ccccc2N(CC(=O)C(C)C)C1=O.CC(C)NCc1cccc(C(=O)C(C)C)c1.CC(C)Nc1ccc(CC(=O)C(C)C)cc1. The van der Waals surface area contributed by atoms with Crippen molar-refractivity contribution in [3.05, 3.63) is 166 Å². The van der Waals surface area contributed by atoms with Gasteiger partial charge in [-0.2, -0.15) is 0 Å². The van der Waals surface area contributed by atoms with Gasteiger partial charge in [-0.1, -0.05) is 222 Å². The Bertz CT molecular complexity index is 2820. The van der Waals surface area contributed by atoms with Gasteiger partial charge in [-0.05, 0) is 115 Å². The number of carbonyl (C=O) groups excluding carboxylic acids is 6. The Morgan fingerprint density at radius 2 is 1.00 bits per heavy atom. The molecule has 10 nitrogen and oxygen atoms in total. The molecular weight excluding hydrogens is 1060 g/mol. The molecule has 10 heteroatoms. The van der Waals surface area contributed by atoms with Crippen LogP contribution in [0.4, 0.5) is 11.4 Å². The molecule has 0 saturated carbocycles. The van der Waals surface area contributed by atoms with Gasteiger partial charge in [0.1, 0.15) is 11.6 Å². The average Bonchev–Trinajstić information content (AvgIpc) is 2.98. The minimum absolute atomic E-state index is 0.00708. The number of benzene rings is 5. The van der Waals surface area contributed by atoms with Crippen LogP contribution in [0.3, 0.4) is 0 Å². The van der Waals surface area contributed by atoms with E-state index in [0.29, 0.717) is 42.4 Å². The molecule has 0 radical (unpaired) electrons. The summed E-state index contributed by atoms with van der Waals surface area (Å²) in [5.41, 5.74) is 10.9. The number of nitrogens with zero attached hydrogens (tertiary/aromatic N) is 1. The number of anilines is 2. The van der Waals surface area contributed by atoms with E-state index < -0.39 is 0 Å². The molecule has 0 spiro atoms. The third-order valence-corrected chi connectivity index (χ3v) is 14.4. The molecule has 0 saturated heterocycles. The fourth-order valence-electron chi connectivity index (χ4n) is 9.09. The second kappa shape index (κ2) is 39.4. The molecule has 5 aromatic carbocycles. The van der Waals surface area contributed by atoms with Crippen LogP contribution < -0.4 is 20.9 Å². The number of nitrogens with one attached hydrogen (secondary N) is 3. The summed E-state index contributed by atoms with van der Waals surface area (Å²) in [6, 6.07) is 41.3. The van der Waals surface area contributed by atoms with Gasteiger partial charge in [0.25, 0.3) is 0 Å². The number of Topliss-reactive ketones (excluding diaryl/α,β-unsaturated/α-hetero) is 5. The number of rotatable bonds is 25. The minimum atomic E-state index is -0.229. The summed E-state index contributed by atoms with van der Waals surface area (Å²) in [5, 5.41) is 10.0. The van der Waals surface area contributed by atoms with Crippen LogP contribution >= 0.6 is 0 Å². The zero-order valence-electron chi connectivity index (χ0n) is 56.7. The molecule has 0 fully saturated rings. The zero-order valence-corrected chi connectivity index (χ0v) is 56.7. The van der Waals surface area contributed by atoms with Crippen molar-refractivity contribution in [1.82, 2.24) is 10.6 Å². The van der Waals surface area contributed by atoms with E-state index >= 15 is 0 Å². The van der Waals surface area contributed by atoms with Crippen LogP contribution in [0.2, 0.25) is 0 Å². The molecule has 6 rings (SSSR count). The number of fused-ring (bicyclic) bond motifs is 1. The van der Waals surface area contributed by atoms with Crippen molar-refractivity contribution in [3.8, 4) is 0 Å². The van der Waals surface area contributed by atoms with Crippen LogP contribution in [0.15, 0.2) is 121 Å². The van der Waals surface area contributed by atoms with Crippen molar-refractivity contribution < 1.29 is 28.8 Å². The second-order valence-electron chi connectivity index (χ2n) is 26.5. The molecular formula is C76H112N4O6. The summed E-state index contributed by atoms with van der Waals surface area (Å²) in [7, 11) is 0. The summed E-state index contributed by atoms with van der Waals surface area (Å²) in [4.78, 5) is 73.5. The first-order chi connectivity index (χ1) is 40.4. The van der Waals surface area contributed by atoms with Gasteiger partial charge in [-0.3, -0.25) is 28.8 Å². The third kappa shape index (κ3) is 29.8. The zero-order chi connectivity index (χ0) is 64.8. The first-order valence-electron chi connectivity index (χ1n) is 32.0. The Hall–Kier alpha value is -6.36. The molecule has 1 aliphatic heterocycles.